The maximum atomic E-state index is 5.77. The molecule has 0 amide bonds. The van der Waals surface area contributed by atoms with Crippen molar-refractivity contribution in [3.05, 3.63) is 0 Å². The van der Waals surface area contributed by atoms with Gasteiger partial charge >= 0.3 is 0 Å². The molecule has 1 saturated heterocycles. The summed E-state index contributed by atoms with van der Waals surface area (Å²) in [5.41, 5.74) is 2.95. The second-order valence-electron chi connectivity index (χ2n) is 4.79. The van der Waals surface area contributed by atoms with Gasteiger partial charge < -0.3 is 4.74 Å². The van der Waals surface area contributed by atoms with E-state index in [1.165, 1.54) is 19.3 Å². The highest BCUT2D eigenvalue weighted by Gasteiger charge is 2.32. The van der Waals surface area contributed by atoms with E-state index in [1.54, 1.807) is 0 Å². The molecule has 90 valence electrons. The van der Waals surface area contributed by atoms with Crippen LogP contribution in [0.5, 0.6) is 0 Å². The predicted molar refractivity (Wildman–Crippen MR) is 63.3 cm³/mol. The molecule has 0 spiro atoms. The fourth-order valence-corrected chi connectivity index (χ4v) is 2.51. The Bertz CT molecular complexity index is 171. The summed E-state index contributed by atoms with van der Waals surface area (Å²) in [6.07, 6.45) is 5.09. The Labute approximate surface area is 93.7 Å². The Balaban J connectivity index is 2.47. The van der Waals surface area contributed by atoms with Gasteiger partial charge in [-0.15, -0.1) is 0 Å². The van der Waals surface area contributed by atoms with Gasteiger partial charge in [0.1, 0.15) is 0 Å². The summed E-state index contributed by atoms with van der Waals surface area (Å²) in [6.45, 7) is 7.66. The van der Waals surface area contributed by atoms with Crippen molar-refractivity contribution in [3.63, 3.8) is 0 Å². The molecule has 0 aromatic heterocycles. The molecule has 3 nitrogen and oxygen atoms in total. The molecule has 3 heteroatoms. The third-order valence-electron chi connectivity index (χ3n) is 3.80. The summed E-state index contributed by atoms with van der Waals surface area (Å²) in [6, 6.07) is 0.326. The molecule has 0 radical (unpaired) electrons. The van der Waals surface area contributed by atoms with E-state index < -0.39 is 0 Å². The number of ether oxygens (including phenoxy) is 1. The van der Waals surface area contributed by atoms with Crippen molar-refractivity contribution in [2.75, 3.05) is 6.61 Å². The Hall–Kier alpha value is -0.120. The molecule has 0 saturated carbocycles. The SMILES string of the molecule is CCC(CC)CC(NN)C1OCCC1C. The Kier molecular flexibility index (Phi) is 5.58. The smallest absolute Gasteiger partial charge is 0.0767 e. The van der Waals surface area contributed by atoms with E-state index in [0.717, 1.165) is 18.9 Å². The molecule has 0 bridgehead atoms. The highest BCUT2D eigenvalue weighted by molar-refractivity contribution is 4.84. The third kappa shape index (κ3) is 3.44. The fraction of sp³-hybridized carbons (Fsp3) is 1.00. The first-order valence-electron chi connectivity index (χ1n) is 6.30. The van der Waals surface area contributed by atoms with Crippen LogP contribution < -0.4 is 11.3 Å². The van der Waals surface area contributed by atoms with Gasteiger partial charge in [0.25, 0.3) is 0 Å². The molecular weight excluding hydrogens is 188 g/mol. The molecule has 1 aliphatic rings. The number of nitrogens with two attached hydrogens (primary N) is 1. The molecule has 1 aliphatic heterocycles. The lowest BCUT2D eigenvalue weighted by molar-refractivity contribution is 0.0522. The van der Waals surface area contributed by atoms with Crippen molar-refractivity contribution in [2.45, 2.75) is 58.6 Å². The van der Waals surface area contributed by atoms with E-state index in [4.69, 9.17) is 10.6 Å². The van der Waals surface area contributed by atoms with Crippen molar-refractivity contribution in [2.24, 2.45) is 17.7 Å². The molecular formula is C12H26N2O. The minimum Gasteiger partial charge on any atom is -0.376 e. The Morgan fingerprint density at radius 3 is 2.47 bits per heavy atom. The quantitative estimate of drug-likeness (QED) is 0.525. The lowest BCUT2D eigenvalue weighted by Gasteiger charge is -2.28. The van der Waals surface area contributed by atoms with Gasteiger partial charge in [-0.2, -0.15) is 0 Å². The van der Waals surface area contributed by atoms with Gasteiger partial charge in [0.05, 0.1) is 6.10 Å². The first-order chi connectivity index (χ1) is 7.22. The molecule has 1 fully saturated rings. The Morgan fingerprint density at radius 2 is 2.07 bits per heavy atom. The second-order valence-corrected chi connectivity index (χ2v) is 4.79. The summed E-state index contributed by atoms with van der Waals surface area (Å²) in [5, 5.41) is 0. The number of rotatable bonds is 6. The fourth-order valence-electron chi connectivity index (χ4n) is 2.51. The summed E-state index contributed by atoms with van der Waals surface area (Å²) >= 11 is 0. The van der Waals surface area contributed by atoms with Crippen LogP contribution in [0.2, 0.25) is 0 Å². The van der Waals surface area contributed by atoms with E-state index in [9.17, 15) is 0 Å². The van der Waals surface area contributed by atoms with Crippen LogP contribution in [-0.4, -0.2) is 18.8 Å². The molecule has 0 aliphatic carbocycles. The van der Waals surface area contributed by atoms with Crippen molar-refractivity contribution in [1.29, 1.82) is 0 Å². The third-order valence-corrected chi connectivity index (χ3v) is 3.80. The van der Waals surface area contributed by atoms with Crippen molar-refractivity contribution in [1.82, 2.24) is 5.43 Å². The van der Waals surface area contributed by atoms with Crippen LogP contribution in [0.3, 0.4) is 0 Å². The largest absolute Gasteiger partial charge is 0.376 e. The summed E-state index contributed by atoms with van der Waals surface area (Å²) in [7, 11) is 0. The molecule has 1 heterocycles. The van der Waals surface area contributed by atoms with Crippen LogP contribution in [-0.2, 0) is 4.74 Å². The summed E-state index contributed by atoms with van der Waals surface area (Å²) in [4.78, 5) is 0. The van der Waals surface area contributed by atoms with Gasteiger partial charge in [0, 0.05) is 12.6 Å². The number of hydrogen-bond donors (Lipinski definition) is 2. The van der Waals surface area contributed by atoms with Gasteiger partial charge in [-0.05, 0) is 24.7 Å². The van der Waals surface area contributed by atoms with E-state index in [0.29, 0.717) is 18.1 Å². The van der Waals surface area contributed by atoms with E-state index in [1.807, 2.05) is 0 Å². The van der Waals surface area contributed by atoms with Gasteiger partial charge in [-0.25, -0.2) is 0 Å². The lowest BCUT2D eigenvalue weighted by Crippen LogP contribution is -2.46. The maximum Gasteiger partial charge on any atom is 0.0767 e. The zero-order valence-electron chi connectivity index (χ0n) is 10.3. The topological polar surface area (TPSA) is 47.3 Å². The highest BCUT2D eigenvalue weighted by Crippen LogP contribution is 2.27. The molecule has 3 unspecified atom stereocenters. The molecule has 3 N–H and O–H groups in total. The molecule has 3 atom stereocenters. The predicted octanol–water partition coefficient (Wildman–Crippen LogP) is 2.07. The highest BCUT2D eigenvalue weighted by atomic mass is 16.5. The minimum absolute atomic E-state index is 0.315. The van der Waals surface area contributed by atoms with Crippen LogP contribution in [0.1, 0.15) is 46.5 Å². The van der Waals surface area contributed by atoms with E-state index in [-0.39, 0.29) is 0 Å². The molecule has 0 aromatic carbocycles. The summed E-state index contributed by atoms with van der Waals surface area (Å²) < 4.78 is 5.77. The minimum atomic E-state index is 0.315. The molecule has 15 heavy (non-hydrogen) atoms. The van der Waals surface area contributed by atoms with Crippen LogP contribution in [0, 0.1) is 11.8 Å². The second kappa shape index (κ2) is 6.46. The molecule has 1 rings (SSSR count). The maximum absolute atomic E-state index is 5.77. The van der Waals surface area contributed by atoms with Crippen molar-refractivity contribution < 1.29 is 4.74 Å². The average Bonchev–Trinajstić information content (AvgIpc) is 2.67. The number of hydrazine groups is 1. The first kappa shape index (κ1) is 12.9. The van der Waals surface area contributed by atoms with E-state index in [2.05, 4.69) is 26.2 Å². The van der Waals surface area contributed by atoms with Gasteiger partial charge in [0.15, 0.2) is 0 Å². The lowest BCUT2D eigenvalue weighted by atomic mass is 9.88. The number of hydrogen-bond acceptors (Lipinski definition) is 3. The van der Waals surface area contributed by atoms with Crippen LogP contribution in [0.4, 0.5) is 0 Å². The number of nitrogens with one attached hydrogen (secondary N) is 1. The van der Waals surface area contributed by atoms with Gasteiger partial charge in [-0.1, -0.05) is 33.6 Å². The zero-order valence-corrected chi connectivity index (χ0v) is 10.3. The zero-order chi connectivity index (χ0) is 11.3. The van der Waals surface area contributed by atoms with Crippen LogP contribution >= 0.6 is 0 Å². The van der Waals surface area contributed by atoms with Gasteiger partial charge in [0.2, 0.25) is 0 Å². The Morgan fingerprint density at radius 1 is 1.40 bits per heavy atom. The summed E-state index contributed by atoms with van der Waals surface area (Å²) in [5.74, 6) is 7.05. The molecule has 0 aromatic rings. The van der Waals surface area contributed by atoms with E-state index >= 15 is 0 Å². The average molecular weight is 214 g/mol. The van der Waals surface area contributed by atoms with Gasteiger partial charge in [-0.3, -0.25) is 11.3 Å². The first-order valence-corrected chi connectivity index (χ1v) is 6.30. The van der Waals surface area contributed by atoms with Crippen molar-refractivity contribution in [3.8, 4) is 0 Å². The van der Waals surface area contributed by atoms with Crippen molar-refractivity contribution >= 4 is 0 Å². The normalized spacial score (nSPS) is 28.6. The van der Waals surface area contributed by atoms with Crippen LogP contribution in [0.25, 0.3) is 0 Å². The van der Waals surface area contributed by atoms with Crippen LogP contribution in [0.15, 0.2) is 0 Å². The monoisotopic (exact) mass is 214 g/mol. The standard InChI is InChI=1S/C12H26N2O/c1-4-10(5-2)8-11(14-13)12-9(3)6-7-15-12/h9-12,14H,4-8,13H2,1-3H3.